The van der Waals surface area contributed by atoms with Crippen LogP contribution in [0.4, 0.5) is 0 Å². The second-order valence-corrected chi connectivity index (χ2v) is 3.69. The van der Waals surface area contributed by atoms with Crippen LogP contribution in [-0.2, 0) is 6.42 Å². The minimum atomic E-state index is -0.244. The van der Waals surface area contributed by atoms with E-state index in [9.17, 15) is 4.79 Å². The van der Waals surface area contributed by atoms with Crippen molar-refractivity contribution in [2.75, 3.05) is 0 Å². The molecule has 1 aromatic rings. The molecule has 1 N–H and O–H groups in total. The molecule has 0 radical (unpaired) electrons. The predicted octanol–water partition coefficient (Wildman–Crippen LogP) is 1.69. The monoisotopic (exact) mass is 188 g/mol. The van der Waals surface area contributed by atoms with E-state index in [0.717, 1.165) is 30.5 Å². The van der Waals surface area contributed by atoms with Crippen molar-refractivity contribution in [1.82, 2.24) is 4.98 Å². The molecule has 0 spiro atoms. The summed E-state index contributed by atoms with van der Waals surface area (Å²) in [6.45, 7) is 2.04. The van der Waals surface area contributed by atoms with Crippen LogP contribution in [0.5, 0.6) is 0 Å². The van der Waals surface area contributed by atoms with E-state index in [1.165, 1.54) is 0 Å². The molecule has 1 fully saturated rings. The molecular weight excluding hydrogens is 176 g/mol. The first-order valence-corrected chi connectivity index (χ1v) is 4.92. The van der Waals surface area contributed by atoms with Gasteiger partial charge in [0.2, 0.25) is 0 Å². The fourth-order valence-corrected chi connectivity index (χ4v) is 1.70. The molecule has 0 atom stereocenters. The number of hydrogen-bond donors (Lipinski definition) is 1. The highest BCUT2D eigenvalue weighted by Crippen LogP contribution is 2.40. The van der Waals surface area contributed by atoms with Gasteiger partial charge in [-0.05, 0) is 36.8 Å². The Bertz CT molecular complexity index is 449. The molecule has 14 heavy (non-hydrogen) atoms. The smallest absolute Gasteiger partial charge is 0.266 e. The van der Waals surface area contributed by atoms with Gasteiger partial charge in [-0.15, -0.1) is 0 Å². The van der Waals surface area contributed by atoms with E-state index in [-0.39, 0.29) is 11.1 Å². The molecule has 0 amide bonds. The van der Waals surface area contributed by atoms with Crippen LogP contribution in [-0.4, -0.2) is 4.98 Å². The fraction of sp³-hybridized carbons (Fsp3) is 0.455. The van der Waals surface area contributed by atoms with Gasteiger partial charge in [0.05, 0.1) is 0 Å². The maximum Gasteiger partial charge on any atom is 0.266 e. The quantitative estimate of drug-likeness (QED) is 0.767. The number of nitrogens with zero attached hydrogens (tertiary/aromatic N) is 1. The van der Waals surface area contributed by atoms with E-state index in [4.69, 9.17) is 5.26 Å². The standard InChI is InChI=1S/C11H12N2O/c1-2-7-5-9(6-12)11(14)13-10(7)8-3-4-8/h5,8H,2-4H2,1H3,(H,13,14). The number of aromatic nitrogens is 1. The van der Waals surface area contributed by atoms with Crippen LogP contribution in [0.1, 0.15) is 42.5 Å². The highest BCUT2D eigenvalue weighted by Gasteiger charge is 2.27. The SMILES string of the molecule is CCc1cc(C#N)c(=O)[nH]c1C1CC1. The Morgan fingerprint density at radius 3 is 2.86 bits per heavy atom. The van der Waals surface area contributed by atoms with Gasteiger partial charge in [0.1, 0.15) is 11.6 Å². The Morgan fingerprint density at radius 1 is 1.64 bits per heavy atom. The average Bonchev–Trinajstić information content (AvgIpc) is 3.00. The molecule has 2 rings (SSSR count). The minimum absolute atomic E-state index is 0.228. The van der Waals surface area contributed by atoms with E-state index in [1.807, 2.05) is 13.0 Å². The van der Waals surface area contributed by atoms with E-state index < -0.39 is 0 Å². The van der Waals surface area contributed by atoms with Gasteiger partial charge in [0.15, 0.2) is 0 Å². The first-order chi connectivity index (χ1) is 6.76. The lowest BCUT2D eigenvalue weighted by Gasteiger charge is -2.05. The number of H-pyrrole nitrogens is 1. The molecule has 1 heterocycles. The molecular formula is C11H12N2O. The van der Waals surface area contributed by atoms with Crippen LogP contribution < -0.4 is 5.56 Å². The van der Waals surface area contributed by atoms with Gasteiger partial charge >= 0.3 is 0 Å². The van der Waals surface area contributed by atoms with Crippen molar-refractivity contribution in [2.24, 2.45) is 0 Å². The molecule has 1 aliphatic carbocycles. The van der Waals surface area contributed by atoms with Gasteiger partial charge < -0.3 is 4.98 Å². The lowest BCUT2D eigenvalue weighted by molar-refractivity contribution is 0.933. The summed E-state index contributed by atoms with van der Waals surface area (Å²) in [6, 6.07) is 3.64. The zero-order valence-corrected chi connectivity index (χ0v) is 8.13. The van der Waals surface area contributed by atoms with E-state index in [0.29, 0.717) is 5.92 Å². The summed E-state index contributed by atoms with van der Waals surface area (Å²) in [5, 5.41) is 8.71. The zero-order chi connectivity index (χ0) is 10.1. The topological polar surface area (TPSA) is 56.6 Å². The summed E-state index contributed by atoms with van der Waals surface area (Å²) in [7, 11) is 0. The molecule has 0 saturated heterocycles. The largest absolute Gasteiger partial charge is 0.325 e. The van der Waals surface area contributed by atoms with Crippen molar-refractivity contribution in [3.63, 3.8) is 0 Å². The number of nitriles is 1. The van der Waals surface area contributed by atoms with Crippen LogP contribution in [0.15, 0.2) is 10.9 Å². The highest BCUT2D eigenvalue weighted by atomic mass is 16.1. The summed E-state index contributed by atoms with van der Waals surface area (Å²) in [4.78, 5) is 14.2. The summed E-state index contributed by atoms with van der Waals surface area (Å²) in [5.41, 5.74) is 2.15. The molecule has 72 valence electrons. The van der Waals surface area contributed by atoms with Crippen LogP contribution >= 0.6 is 0 Å². The molecule has 1 saturated carbocycles. The predicted molar refractivity (Wildman–Crippen MR) is 53.1 cm³/mol. The van der Waals surface area contributed by atoms with Crippen LogP contribution in [0, 0.1) is 11.3 Å². The van der Waals surface area contributed by atoms with Crippen LogP contribution in [0.25, 0.3) is 0 Å². The Morgan fingerprint density at radius 2 is 2.36 bits per heavy atom. The Hall–Kier alpha value is -1.56. The van der Waals surface area contributed by atoms with E-state index in [1.54, 1.807) is 6.07 Å². The van der Waals surface area contributed by atoms with Gasteiger partial charge in [-0.25, -0.2) is 0 Å². The van der Waals surface area contributed by atoms with E-state index in [2.05, 4.69) is 4.98 Å². The van der Waals surface area contributed by atoms with Crippen molar-refractivity contribution in [3.8, 4) is 6.07 Å². The fourth-order valence-electron chi connectivity index (χ4n) is 1.70. The number of nitrogens with one attached hydrogen (secondary N) is 1. The summed E-state index contributed by atoms with van der Waals surface area (Å²) in [5.74, 6) is 0.533. The number of pyridine rings is 1. The lowest BCUT2D eigenvalue weighted by atomic mass is 10.1. The van der Waals surface area contributed by atoms with E-state index >= 15 is 0 Å². The van der Waals surface area contributed by atoms with Gasteiger partial charge in [0.25, 0.3) is 5.56 Å². The normalized spacial score (nSPS) is 15.1. The highest BCUT2D eigenvalue weighted by molar-refractivity contribution is 5.35. The van der Waals surface area contributed by atoms with Crippen molar-refractivity contribution < 1.29 is 0 Å². The van der Waals surface area contributed by atoms with Crippen LogP contribution in [0.3, 0.4) is 0 Å². The van der Waals surface area contributed by atoms with Crippen molar-refractivity contribution >= 4 is 0 Å². The second kappa shape index (κ2) is 3.30. The first kappa shape index (κ1) is 9.01. The van der Waals surface area contributed by atoms with Gasteiger partial charge in [0, 0.05) is 5.69 Å². The lowest BCUT2D eigenvalue weighted by Crippen LogP contribution is -2.14. The zero-order valence-electron chi connectivity index (χ0n) is 8.13. The molecule has 1 aliphatic rings. The summed E-state index contributed by atoms with van der Waals surface area (Å²) >= 11 is 0. The van der Waals surface area contributed by atoms with Gasteiger partial charge in [-0.2, -0.15) is 5.26 Å². The third-order valence-corrected chi connectivity index (χ3v) is 2.64. The number of hydrogen-bond acceptors (Lipinski definition) is 2. The second-order valence-electron chi connectivity index (χ2n) is 3.69. The Kier molecular flexibility index (Phi) is 2.12. The Balaban J connectivity index is 2.56. The number of rotatable bonds is 2. The van der Waals surface area contributed by atoms with Gasteiger partial charge in [-0.3, -0.25) is 4.79 Å². The third-order valence-electron chi connectivity index (χ3n) is 2.64. The third kappa shape index (κ3) is 1.44. The van der Waals surface area contributed by atoms with Crippen molar-refractivity contribution in [3.05, 3.63) is 33.2 Å². The number of aromatic amines is 1. The average molecular weight is 188 g/mol. The van der Waals surface area contributed by atoms with Crippen LogP contribution in [0.2, 0.25) is 0 Å². The van der Waals surface area contributed by atoms with Crippen molar-refractivity contribution in [1.29, 1.82) is 5.26 Å². The summed E-state index contributed by atoms with van der Waals surface area (Å²) in [6.07, 6.45) is 3.20. The molecule has 0 aromatic carbocycles. The molecule has 3 nitrogen and oxygen atoms in total. The maximum atomic E-state index is 11.4. The first-order valence-electron chi connectivity index (χ1n) is 4.92. The van der Waals surface area contributed by atoms with Crippen molar-refractivity contribution in [2.45, 2.75) is 32.1 Å². The minimum Gasteiger partial charge on any atom is -0.325 e. The molecule has 0 bridgehead atoms. The molecule has 3 heteroatoms. The maximum absolute atomic E-state index is 11.4. The molecule has 1 aromatic heterocycles. The van der Waals surface area contributed by atoms with Gasteiger partial charge in [-0.1, -0.05) is 6.92 Å². The molecule has 0 aliphatic heterocycles. The summed E-state index contributed by atoms with van der Waals surface area (Å²) < 4.78 is 0. The number of aryl methyl sites for hydroxylation is 1. The Labute approximate surface area is 82.4 Å². The molecule has 0 unspecified atom stereocenters.